The number of rotatable bonds is 5. The maximum absolute atomic E-state index is 12.2. The van der Waals surface area contributed by atoms with Crippen molar-refractivity contribution in [3.8, 4) is 5.75 Å². The summed E-state index contributed by atoms with van der Waals surface area (Å²) in [6, 6.07) is 5.97. The molecule has 1 N–H and O–H groups in total. The zero-order valence-electron chi connectivity index (χ0n) is 10.2. The maximum atomic E-state index is 12.2. The third-order valence-electron chi connectivity index (χ3n) is 2.28. The normalized spacial score (nSPS) is 12.7. The van der Waals surface area contributed by atoms with E-state index in [0.29, 0.717) is 5.56 Å². The van der Waals surface area contributed by atoms with Gasteiger partial charge in [0.2, 0.25) is 5.91 Å². The van der Waals surface area contributed by atoms with E-state index in [2.05, 4.69) is 10.1 Å². The molecule has 1 amide bonds. The van der Waals surface area contributed by atoms with Crippen LogP contribution in [-0.2, 0) is 4.79 Å². The summed E-state index contributed by atoms with van der Waals surface area (Å²) in [6.45, 7) is 0.539. The molecule has 3 nitrogen and oxygen atoms in total. The van der Waals surface area contributed by atoms with E-state index >= 15 is 0 Å². The van der Waals surface area contributed by atoms with Gasteiger partial charge in [0.1, 0.15) is 5.75 Å². The zero-order valence-corrected chi connectivity index (χ0v) is 10.2. The van der Waals surface area contributed by atoms with Gasteiger partial charge in [-0.15, -0.1) is 0 Å². The van der Waals surface area contributed by atoms with Crippen LogP contribution in [0.2, 0.25) is 0 Å². The lowest BCUT2D eigenvalue weighted by Crippen LogP contribution is -2.25. The molecule has 0 heterocycles. The van der Waals surface area contributed by atoms with Crippen molar-refractivity contribution >= 4 is 5.91 Å². The first-order valence-electron chi connectivity index (χ1n) is 5.51. The summed E-state index contributed by atoms with van der Waals surface area (Å²) < 4.78 is 28.9. The summed E-state index contributed by atoms with van der Waals surface area (Å²) in [5.74, 6) is -0.211. The fourth-order valence-electron chi connectivity index (χ4n) is 1.53. The van der Waals surface area contributed by atoms with Gasteiger partial charge in [0.25, 0.3) is 0 Å². The first-order valence-corrected chi connectivity index (χ1v) is 5.51. The molecule has 18 heavy (non-hydrogen) atoms. The standard InChI is InChI=1S/C13H15F2NO2/c1-3-6-12(17)16-9(2)10-7-4-5-8-11(10)18-13(14)15/h3-9,13H,1-2H3,(H,16,17)/b6-3+. The fraction of sp³-hybridized carbons (Fsp3) is 0.308. The molecule has 1 atom stereocenters. The number of carbonyl (C=O) groups excluding carboxylic acids is 1. The molecule has 1 aromatic rings. The Morgan fingerprint density at radius 2 is 2.06 bits per heavy atom. The van der Waals surface area contributed by atoms with Crippen LogP contribution in [0.3, 0.4) is 0 Å². The Hall–Kier alpha value is -1.91. The number of para-hydroxylation sites is 1. The molecular formula is C13H15F2NO2. The number of amides is 1. The number of nitrogens with one attached hydrogen (secondary N) is 1. The number of ether oxygens (including phenoxy) is 1. The maximum Gasteiger partial charge on any atom is 0.387 e. The van der Waals surface area contributed by atoms with E-state index in [4.69, 9.17) is 0 Å². The number of benzene rings is 1. The molecule has 1 rings (SSSR count). The molecule has 0 aliphatic heterocycles. The van der Waals surface area contributed by atoms with Crippen molar-refractivity contribution < 1.29 is 18.3 Å². The summed E-state index contributed by atoms with van der Waals surface area (Å²) in [4.78, 5) is 11.4. The lowest BCUT2D eigenvalue weighted by Gasteiger charge is -2.17. The number of hydrogen-bond donors (Lipinski definition) is 1. The van der Waals surface area contributed by atoms with Gasteiger partial charge in [0.05, 0.1) is 6.04 Å². The molecule has 1 aromatic carbocycles. The summed E-state index contributed by atoms with van der Waals surface area (Å²) >= 11 is 0. The Balaban J connectivity index is 2.84. The minimum atomic E-state index is -2.88. The third kappa shape index (κ3) is 4.16. The molecule has 0 saturated carbocycles. The van der Waals surface area contributed by atoms with Crippen molar-refractivity contribution in [3.63, 3.8) is 0 Å². The second-order valence-corrected chi connectivity index (χ2v) is 3.65. The summed E-state index contributed by atoms with van der Waals surface area (Å²) in [5, 5.41) is 2.66. The average Bonchev–Trinajstić information content (AvgIpc) is 2.28. The topological polar surface area (TPSA) is 38.3 Å². The van der Waals surface area contributed by atoms with Gasteiger partial charge < -0.3 is 10.1 Å². The van der Waals surface area contributed by atoms with E-state index in [0.717, 1.165) is 0 Å². The van der Waals surface area contributed by atoms with Gasteiger partial charge in [0, 0.05) is 5.56 Å². The van der Waals surface area contributed by atoms with Crippen LogP contribution in [0.5, 0.6) is 5.75 Å². The average molecular weight is 255 g/mol. The molecule has 0 aliphatic carbocycles. The minimum absolute atomic E-state index is 0.0702. The van der Waals surface area contributed by atoms with E-state index in [9.17, 15) is 13.6 Å². The molecule has 0 aliphatic rings. The van der Waals surface area contributed by atoms with E-state index in [1.54, 1.807) is 38.1 Å². The van der Waals surface area contributed by atoms with E-state index in [-0.39, 0.29) is 11.7 Å². The molecule has 1 unspecified atom stereocenters. The Morgan fingerprint density at radius 3 is 2.67 bits per heavy atom. The second kappa shape index (κ2) is 6.74. The van der Waals surface area contributed by atoms with Crippen LogP contribution in [0.25, 0.3) is 0 Å². The van der Waals surface area contributed by atoms with Gasteiger partial charge >= 0.3 is 6.61 Å². The molecular weight excluding hydrogens is 240 g/mol. The Morgan fingerprint density at radius 1 is 1.39 bits per heavy atom. The molecule has 0 saturated heterocycles. The van der Waals surface area contributed by atoms with Gasteiger partial charge in [-0.1, -0.05) is 24.3 Å². The molecule has 0 fully saturated rings. The van der Waals surface area contributed by atoms with Gasteiger partial charge in [-0.3, -0.25) is 4.79 Å². The van der Waals surface area contributed by atoms with Gasteiger partial charge in [-0.05, 0) is 26.0 Å². The smallest absolute Gasteiger partial charge is 0.387 e. The quantitative estimate of drug-likeness (QED) is 0.821. The minimum Gasteiger partial charge on any atom is -0.434 e. The molecule has 5 heteroatoms. The van der Waals surface area contributed by atoms with E-state index < -0.39 is 12.7 Å². The van der Waals surface area contributed by atoms with Crippen molar-refractivity contribution in [2.45, 2.75) is 26.5 Å². The SMILES string of the molecule is C/C=C/C(=O)NC(C)c1ccccc1OC(F)F. The first-order chi connectivity index (χ1) is 8.54. The van der Waals surface area contributed by atoms with Crippen molar-refractivity contribution in [2.24, 2.45) is 0 Å². The van der Waals surface area contributed by atoms with E-state index in [1.165, 1.54) is 12.1 Å². The summed E-state index contributed by atoms with van der Waals surface area (Å²) in [7, 11) is 0. The van der Waals surface area contributed by atoms with Crippen LogP contribution in [0.15, 0.2) is 36.4 Å². The number of allylic oxidation sites excluding steroid dienone is 1. The highest BCUT2D eigenvalue weighted by Crippen LogP contribution is 2.26. The Kier molecular flexibility index (Phi) is 5.30. The van der Waals surface area contributed by atoms with Crippen LogP contribution in [-0.4, -0.2) is 12.5 Å². The number of halogens is 2. The molecule has 0 spiro atoms. The fourth-order valence-corrected chi connectivity index (χ4v) is 1.53. The highest BCUT2D eigenvalue weighted by atomic mass is 19.3. The predicted molar refractivity (Wildman–Crippen MR) is 64.4 cm³/mol. The Bertz CT molecular complexity index is 433. The van der Waals surface area contributed by atoms with Crippen molar-refractivity contribution in [2.75, 3.05) is 0 Å². The van der Waals surface area contributed by atoms with Crippen LogP contribution in [0.1, 0.15) is 25.5 Å². The van der Waals surface area contributed by atoms with Gasteiger partial charge in [-0.25, -0.2) is 0 Å². The highest BCUT2D eigenvalue weighted by Gasteiger charge is 2.15. The number of carbonyl (C=O) groups is 1. The Labute approximate surface area is 104 Å². The van der Waals surface area contributed by atoms with Crippen LogP contribution in [0, 0.1) is 0 Å². The first kappa shape index (κ1) is 14.2. The predicted octanol–water partition coefficient (Wildman–Crippen LogP) is 3.04. The third-order valence-corrected chi connectivity index (χ3v) is 2.28. The summed E-state index contributed by atoms with van der Waals surface area (Å²) in [5.41, 5.74) is 0.510. The van der Waals surface area contributed by atoms with Crippen molar-refractivity contribution in [3.05, 3.63) is 42.0 Å². The van der Waals surface area contributed by atoms with Crippen molar-refractivity contribution in [1.82, 2.24) is 5.32 Å². The zero-order chi connectivity index (χ0) is 13.5. The monoisotopic (exact) mass is 255 g/mol. The lowest BCUT2D eigenvalue weighted by molar-refractivity contribution is -0.117. The molecule has 0 aromatic heterocycles. The summed E-state index contributed by atoms with van der Waals surface area (Å²) in [6.07, 6.45) is 2.97. The van der Waals surface area contributed by atoms with E-state index in [1.807, 2.05) is 0 Å². The lowest BCUT2D eigenvalue weighted by atomic mass is 10.1. The van der Waals surface area contributed by atoms with Gasteiger partial charge in [-0.2, -0.15) is 8.78 Å². The van der Waals surface area contributed by atoms with Crippen molar-refractivity contribution in [1.29, 1.82) is 0 Å². The number of alkyl halides is 2. The second-order valence-electron chi connectivity index (χ2n) is 3.65. The molecule has 0 radical (unpaired) electrons. The van der Waals surface area contributed by atoms with Crippen LogP contribution in [0.4, 0.5) is 8.78 Å². The molecule has 0 bridgehead atoms. The largest absolute Gasteiger partial charge is 0.434 e. The van der Waals surface area contributed by atoms with Gasteiger partial charge in [0.15, 0.2) is 0 Å². The van der Waals surface area contributed by atoms with Crippen LogP contribution < -0.4 is 10.1 Å². The van der Waals surface area contributed by atoms with Crippen LogP contribution >= 0.6 is 0 Å². The highest BCUT2D eigenvalue weighted by molar-refractivity contribution is 5.87. The molecule has 98 valence electrons. The number of hydrogen-bond acceptors (Lipinski definition) is 2.